The lowest BCUT2D eigenvalue weighted by molar-refractivity contribution is -0.384. The highest BCUT2D eigenvalue weighted by Crippen LogP contribution is 2.32. The van der Waals surface area contributed by atoms with Crippen molar-refractivity contribution < 1.29 is 14.5 Å². The number of hydrogen-bond donors (Lipinski definition) is 1. The van der Waals surface area contributed by atoms with Gasteiger partial charge in [-0.1, -0.05) is 60.7 Å². The van der Waals surface area contributed by atoms with Crippen LogP contribution in [0.4, 0.5) is 22.1 Å². The van der Waals surface area contributed by atoms with Gasteiger partial charge >= 0.3 is 11.8 Å². The molecular formula is C27H31N5O4. The molecule has 2 heterocycles. The Labute approximate surface area is 210 Å². The Morgan fingerprint density at radius 3 is 2.00 bits per heavy atom. The van der Waals surface area contributed by atoms with E-state index in [0.29, 0.717) is 32.0 Å². The van der Waals surface area contributed by atoms with Gasteiger partial charge in [-0.2, -0.15) is 0 Å². The molecule has 1 fully saturated rings. The molecule has 0 aliphatic carbocycles. The summed E-state index contributed by atoms with van der Waals surface area (Å²) in [6.07, 6.45) is -0.338. The number of anilines is 2. The van der Waals surface area contributed by atoms with E-state index in [-0.39, 0.29) is 23.6 Å². The predicted molar refractivity (Wildman–Crippen MR) is 139 cm³/mol. The molecule has 0 bridgehead atoms. The Bertz CT molecular complexity index is 1150. The Hall–Kier alpha value is -4.14. The standard InChI is InChI=1S/C27H31N5O4/c1-27(2,3)36-26(33)31-18-16-30(17-19-31)23-15-14-22(32(34)35)25(28-23)29-24(20-10-6-4-7-11-20)21-12-8-5-9-13-21/h4-15,24H,16-19H2,1-3H3,(H,28,29). The fourth-order valence-electron chi connectivity index (χ4n) is 4.10. The quantitative estimate of drug-likeness (QED) is 0.373. The van der Waals surface area contributed by atoms with Crippen LogP contribution < -0.4 is 10.2 Å². The summed E-state index contributed by atoms with van der Waals surface area (Å²) in [7, 11) is 0. The molecule has 3 aromatic rings. The van der Waals surface area contributed by atoms with Gasteiger partial charge in [0.25, 0.3) is 0 Å². The van der Waals surface area contributed by atoms with Crippen LogP contribution in [0, 0.1) is 10.1 Å². The van der Waals surface area contributed by atoms with Crippen molar-refractivity contribution in [1.82, 2.24) is 9.88 Å². The van der Waals surface area contributed by atoms with Crippen LogP contribution in [0.1, 0.15) is 37.9 Å². The van der Waals surface area contributed by atoms with Crippen LogP contribution in [0.3, 0.4) is 0 Å². The monoisotopic (exact) mass is 489 g/mol. The molecule has 1 aliphatic rings. The first kappa shape index (κ1) is 25.0. The number of ether oxygens (including phenoxy) is 1. The Morgan fingerprint density at radius 2 is 1.50 bits per heavy atom. The number of amides is 1. The molecule has 1 saturated heterocycles. The number of nitro groups is 1. The molecule has 1 aliphatic heterocycles. The maximum atomic E-state index is 12.4. The first-order chi connectivity index (χ1) is 17.2. The molecular weight excluding hydrogens is 458 g/mol. The van der Waals surface area contributed by atoms with Crippen molar-refractivity contribution in [3.05, 3.63) is 94.0 Å². The van der Waals surface area contributed by atoms with Crippen molar-refractivity contribution in [3.63, 3.8) is 0 Å². The van der Waals surface area contributed by atoms with Crippen LogP contribution in [0.5, 0.6) is 0 Å². The molecule has 2 aromatic carbocycles. The van der Waals surface area contributed by atoms with Gasteiger partial charge in [-0.15, -0.1) is 0 Å². The molecule has 9 nitrogen and oxygen atoms in total. The average molecular weight is 490 g/mol. The number of benzene rings is 2. The third-order valence-corrected chi connectivity index (χ3v) is 5.86. The molecule has 4 rings (SSSR count). The zero-order chi connectivity index (χ0) is 25.7. The highest BCUT2D eigenvalue weighted by atomic mass is 16.6. The maximum absolute atomic E-state index is 12.4. The molecule has 1 N–H and O–H groups in total. The molecule has 188 valence electrons. The Kier molecular flexibility index (Phi) is 7.38. The van der Waals surface area contributed by atoms with E-state index in [9.17, 15) is 14.9 Å². The summed E-state index contributed by atoms with van der Waals surface area (Å²) >= 11 is 0. The smallest absolute Gasteiger partial charge is 0.410 e. The number of carbonyl (C=O) groups is 1. The lowest BCUT2D eigenvalue weighted by Crippen LogP contribution is -2.50. The number of hydrogen-bond acceptors (Lipinski definition) is 7. The molecule has 36 heavy (non-hydrogen) atoms. The maximum Gasteiger partial charge on any atom is 0.410 e. The Morgan fingerprint density at radius 1 is 0.944 bits per heavy atom. The number of piperazine rings is 1. The van der Waals surface area contributed by atoms with Crippen LogP contribution >= 0.6 is 0 Å². The van der Waals surface area contributed by atoms with Crippen LogP contribution in [0.15, 0.2) is 72.8 Å². The van der Waals surface area contributed by atoms with E-state index in [0.717, 1.165) is 11.1 Å². The van der Waals surface area contributed by atoms with E-state index in [1.807, 2.05) is 86.3 Å². The van der Waals surface area contributed by atoms with E-state index in [4.69, 9.17) is 4.74 Å². The van der Waals surface area contributed by atoms with Gasteiger partial charge < -0.3 is 19.9 Å². The van der Waals surface area contributed by atoms with E-state index in [2.05, 4.69) is 10.3 Å². The van der Waals surface area contributed by atoms with Crippen molar-refractivity contribution in [1.29, 1.82) is 0 Å². The summed E-state index contributed by atoms with van der Waals surface area (Å²) in [5.41, 5.74) is 1.29. The van der Waals surface area contributed by atoms with Crippen molar-refractivity contribution in [3.8, 4) is 0 Å². The highest BCUT2D eigenvalue weighted by Gasteiger charge is 2.28. The zero-order valence-corrected chi connectivity index (χ0v) is 20.8. The van der Waals surface area contributed by atoms with E-state index in [1.165, 1.54) is 6.07 Å². The van der Waals surface area contributed by atoms with Crippen molar-refractivity contribution in [2.24, 2.45) is 0 Å². The third-order valence-electron chi connectivity index (χ3n) is 5.86. The molecule has 0 atom stereocenters. The van der Waals surface area contributed by atoms with Gasteiger partial charge in [-0.25, -0.2) is 9.78 Å². The zero-order valence-electron chi connectivity index (χ0n) is 20.8. The second kappa shape index (κ2) is 10.6. The van der Waals surface area contributed by atoms with Gasteiger partial charge in [-0.05, 0) is 38.0 Å². The van der Waals surface area contributed by atoms with Crippen LogP contribution in [-0.2, 0) is 4.74 Å². The van der Waals surface area contributed by atoms with Crippen molar-refractivity contribution in [2.75, 3.05) is 36.4 Å². The summed E-state index contributed by atoms with van der Waals surface area (Å²) in [4.78, 5) is 32.2. The van der Waals surface area contributed by atoms with Crippen LogP contribution in [0.2, 0.25) is 0 Å². The number of aromatic nitrogens is 1. The van der Waals surface area contributed by atoms with Crippen molar-refractivity contribution in [2.45, 2.75) is 32.4 Å². The molecule has 9 heteroatoms. The minimum Gasteiger partial charge on any atom is -0.444 e. The Balaban J connectivity index is 1.57. The fraction of sp³-hybridized carbons (Fsp3) is 0.333. The van der Waals surface area contributed by atoms with Gasteiger partial charge in [0.05, 0.1) is 11.0 Å². The first-order valence-corrected chi connectivity index (χ1v) is 12.0. The SMILES string of the molecule is CC(C)(C)OC(=O)N1CCN(c2ccc([N+](=O)[O-])c(NC(c3ccccc3)c3ccccc3)n2)CC1. The number of nitrogens with zero attached hydrogens (tertiary/aromatic N) is 4. The van der Waals surface area contributed by atoms with Gasteiger partial charge in [0.15, 0.2) is 0 Å². The average Bonchev–Trinajstić information content (AvgIpc) is 2.87. The normalized spacial score (nSPS) is 14.0. The number of rotatable bonds is 6. The minimum absolute atomic E-state index is 0.0944. The summed E-state index contributed by atoms with van der Waals surface area (Å²) in [5.74, 6) is 0.816. The molecule has 1 aromatic heterocycles. The number of pyridine rings is 1. The molecule has 0 spiro atoms. The van der Waals surface area contributed by atoms with E-state index < -0.39 is 10.5 Å². The predicted octanol–water partition coefficient (Wildman–Crippen LogP) is 5.25. The molecule has 0 unspecified atom stereocenters. The summed E-state index contributed by atoms with van der Waals surface area (Å²) in [5, 5.41) is 15.2. The van der Waals surface area contributed by atoms with E-state index in [1.54, 1.807) is 11.0 Å². The second-order valence-corrected chi connectivity index (χ2v) is 9.65. The third kappa shape index (κ3) is 6.10. The van der Waals surface area contributed by atoms with Gasteiger partial charge in [0.2, 0.25) is 5.82 Å². The fourth-order valence-corrected chi connectivity index (χ4v) is 4.10. The van der Waals surface area contributed by atoms with Crippen LogP contribution in [0.25, 0.3) is 0 Å². The lowest BCUT2D eigenvalue weighted by Gasteiger charge is -2.36. The topological polar surface area (TPSA) is 101 Å². The lowest BCUT2D eigenvalue weighted by atomic mass is 9.98. The molecule has 0 saturated carbocycles. The summed E-state index contributed by atoms with van der Waals surface area (Å²) in [6.45, 7) is 7.58. The number of carbonyl (C=O) groups excluding carboxylic acids is 1. The summed E-state index contributed by atoms with van der Waals surface area (Å²) in [6, 6.07) is 22.4. The molecule has 0 radical (unpaired) electrons. The minimum atomic E-state index is -0.553. The van der Waals surface area contributed by atoms with Crippen LogP contribution in [-0.4, -0.2) is 52.7 Å². The first-order valence-electron chi connectivity index (χ1n) is 12.0. The molecule has 1 amide bonds. The van der Waals surface area contributed by atoms with Crippen molar-refractivity contribution >= 4 is 23.4 Å². The van der Waals surface area contributed by atoms with Gasteiger partial charge in [-0.3, -0.25) is 10.1 Å². The summed E-state index contributed by atoms with van der Waals surface area (Å²) < 4.78 is 5.48. The van der Waals surface area contributed by atoms with Gasteiger partial charge in [0.1, 0.15) is 11.4 Å². The number of nitrogens with one attached hydrogen (secondary N) is 1. The van der Waals surface area contributed by atoms with Gasteiger partial charge in [0, 0.05) is 32.2 Å². The second-order valence-electron chi connectivity index (χ2n) is 9.65. The highest BCUT2D eigenvalue weighted by molar-refractivity contribution is 5.69. The largest absolute Gasteiger partial charge is 0.444 e. The van der Waals surface area contributed by atoms with E-state index >= 15 is 0 Å².